The van der Waals surface area contributed by atoms with Gasteiger partial charge in [-0.15, -0.1) is 0 Å². The molecule has 22 heavy (non-hydrogen) atoms. The van der Waals surface area contributed by atoms with Gasteiger partial charge in [0.2, 0.25) is 0 Å². The lowest BCUT2D eigenvalue weighted by atomic mass is 10.1. The summed E-state index contributed by atoms with van der Waals surface area (Å²) in [6.45, 7) is 0.0115. The van der Waals surface area contributed by atoms with E-state index in [1.54, 1.807) is 0 Å². The molecule has 0 amide bonds. The zero-order valence-corrected chi connectivity index (χ0v) is 13.2. The van der Waals surface area contributed by atoms with Gasteiger partial charge in [-0.2, -0.15) is 0 Å². The van der Waals surface area contributed by atoms with Crippen LogP contribution in [0.15, 0.2) is 0 Å². The lowest BCUT2D eigenvalue weighted by Crippen LogP contribution is -2.23. The van der Waals surface area contributed by atoms with Gasteiger partial charge in [0, 0.05) is 13.2 Å². The summed E-state index contributed by atoms with van der Waals surface area (Å²) in [4.78, 5) is 11.3. The maximum absolute atomic E-state index is 11.3. The second kappa shape index (κ2) is 15.0. The van der Waals surface area contributed by atoms with E-state index in [0.717, 1.165) is 25.7 Å². The van der Waals surface area contributed by atoms with Gasteiger partial charge in [-0.3, -0.25) is 0 Å². The van der Waals surface area contributed by atoms with Crippen molar-refractivity contribution in [1.29, 1.82) is 0 Å². The number of hydrogen-bond acceptors (Lipinski definition) is 7. The Hall–Kier alpha value is -0.890. The maximum atomic E-state index is 11.3. The molecule has 0 saturated heterocycles. The van der Waals surface area contributed by atoms with E-state index in [2.05, 4.69) is 0 Å². The van der Waals surface area contributed by atoms with Crippen molar-refractivity contribution in [3.8, 4) is 0 Å². The van der Waals surface area contributed by atoms with Crippen molar-refractivity contribution >= 4 is 6.16 Å². The van der Waals surface area contributed by atoms with E-state index in [1.165, 1.54) is 0 Å². The topological polar surface area (TPSA) is 116 Å². The number of hydrogen-bond donors (Lipinski definition) is 4. The minimum atomic E-state index is -0.899. The van der Waals surface area contributed by atoms with E-state index >= 15 is 0 Å². The van der Waals surface area contributed by atoms with Crippen LogP contribution in [-0.2, 0) is 9.47 Å². The normalized spacial score (nSPS) is 13.6. The summed E-state index contributed by atoms with van der Waals surface area (Å²) in [6, 6.07) is 0. The predicted molar refractivity (Wildman–Crippen MR) is 80.4 cm³/mol. The van der Waals surface area contributed by atoms with Crippen LogP contribution in [0.3, 0.4) is 0 Å². The van der Waals surface area contributed by atoms with E-state index in [-0.39, 0.29) is 26.4 Å². The Labute approximate surface area is 131 Å². The van der Waals surface area contributed by atoms with Gasteiger partial charge >= 0.3 is 6.16 Å². The molecule has 0 aliphatic carbocycles. The van der Waals surface area contributed by atoms with Gasteiger partial charge in [0.05, 0.1) is 12.2 Å². The second-order valence-electron chi connectivity index (χ2n) is 5.33. The van der Waals surface area contributed by atoms with Crippen LogP contribution in [0.4, 0.5) is 4.79 Å². The van der Waals surface area contributed by atoms with E-state index in [1.807, 2.05) is 0 Å². The van der Waals surface area contributed by atoms with E-state index in [0.29, 0.717) is 25.7 Å². The van der Waals surface area contributed by atoms with Crippen molar-refractivity contribution in [2.24, 2.45) is 0 Å². The first kappa shape index (κ1) is 21.1. The summed E-state index contributed by atoms with van der Waals surface area (Å²) >= 11 is 0. The molecule has 0 aliphatic rings. The SMILES string of the molecule is O=C(OCC(O)CCCCCO)OCC(O)CCCCCO. The standard InChI is InChI=1S/C15H30O7/c16-9-5-1-3-7-13(18)11-21-15(20)22-12-14(19)8-4-2-6-10-17/h13-14,16-19H,1-12H2. The third-order valence-corrected chi connectivity index (χ3v) is 3.18. The molecular formula is C15H30O7. The van der Waals surface area contributed by atoms with Crippen molar-refractivity contribution < 1.29 is 34.7 Å². The molecule has 0 aliphatic heterocycles. The molecule has 132 valence electrons. The van der Waals surface area contributed by atoms with Crippen LogP contribution in [-0.4, -0.2) is 65.2 Å². The molecule has 0 rings (SSSR count). The molecule has 0 saturated carbocycles. The Morgan fingerprint density at radius 1 is 0.727 bits per heavy atom. The van der Waals surface area contributed by atoms with Crippen molar-refractivity contribution in [3.63, 3.8) is 0 Å². The number of aliphatic hydroxyl groups is 4. The highest BCUT2D eigenvalue weighted by molar-refractivity contribution is 5.59. The molecule has 0 aromatic heterocycles. The molecule has 0 aromatic carbocycles. The Morgan fingerprint density at radius 3 is 1.50 bits per heavy atom. The Bertz CT molecular complexity index is 236. The summed E-state index contributed by atoms with van der Waals surface area (Å²) in [5.74, 6) is 0. The molecule has 0 aromatic rings. The van der Waals surface area contributed by atoms with E-state index in [9.17, 15) is 15.0 Å². The lowest BCUT2D eigenvalue weighted by Gasteiger charge is -2.13. The van der Waals surface area contributed by atoms with E-state index in [4.69, 9.17) is 19.7 Å². The monoisotopic (exact) mass is 322 g/mol. The number of ether oxygens (including phenoxy) is 2. The highest BCUT2D eigenvalue weighted by Gasteiger charge is 2.12. The Morgan fingerprint density at radius 2 is 1.14 bits per heavy atom. The summed E-state index contributed by atoms with van der Waals surface area (Å²) in [5, 5.41) is 36.4. The van der Waals surface area contributed by atoms with Crippen LogP contribution in [0.25, 0.3) is 0 Å². The van der Waals surface area contributed by atoms with Crippen LogP contribution in [0.5, 0.6) is 0 Å². The number of carbonyl (C=O) groups excluding carboxylic acids is 1. The third kappa shape index (κ3) is 14.1. The van der Waals surface area contributed by atoms with Gasteiger partial charge in [-0.05, 0) is 25.7 Å². The van der Waals surface area contributed by atoms with Gasteiger partial charge in [-0.25, -0.2) is 4.79 Å². The molecule has 0 spiro atoms. The number of rotatable bonds is 14. The molecule has 0 bridgehead atoms. The quantitative estimate of drug-likeness (QED) is 0.278. The lowest BCUT2D eigenvalue weighted by molar-refractivity contribution is -0.00555. The zero-order valence-electron chi connectivity index (χ0n) is 13.2. The smallest absolute Gasteiger partial charge is 0.432 e. The van der Waals surface area contributed by atoms with Crippen LogP contribution in [0, 0.1) is 0 Å². The van der Waals surface area contributed by atoms with Gasteiger partial charge in [0.15, 0.2) is 0 Å². The summed E-state index contributed by atoms with van der Waals surface area (Å²) in [7, 11) is 0. The van der Waals surface area contributed by atoms with Crippen molar-refractivity contribution in [1.82, 2.24) is 0 Å². The molecule has 4 N–H and O–H groups in total. The van der Waals surface area contributed by atoms with Crippen LogP contribution < -0.4 is 0 Å². The highest BCUT2D eigenvalue weighted by Crippen LogP contribution is 2.06. The maximum Gasteiger partial charge on any atom is 0.508 e. The summed E-state index contributed by atoms with van der Waals surface area (Å²) in [6.07, 6.45) is 3.17. The first-order chi connectivity index (χ1) is 10.6. The average Bonchev–Trinajstić information content (AvgIpc) is 2.51. The molecule has 7 nitrogen and oxygen atoms in total. The van der Waals surface area contributed by atoms with Crippen molar-refractivity contribution in [3.05, 3.63) is 0 Å². The molecule has 0 fully saturated rings. The molecule has 0 radical (unpaired) electrons. The van der Waals surface area contributed by atoms with E-state index < -0.39 is 18.4 Å². The first-order valence-corrected chi connectivity index (χ1v) is 7.97. The number of carbonyl (C=O) groups is 1. The largest absolute Gasteiger partial charge is 0.508 e. The molecular weight excluding hydrogens is 292 g/mol. The van der Waals surface area contributed by atoms with Gasteiger partial charge < -0.3 is 29.9 Å². The molecule has 7 heteroatoms. The fraction of sp³-hybridized carbons (Fsp3) is 0.933. The predicted octanol–water partition coefficient (Wildman–Crippen LogP) is 0.967. The minimum Gasteiger partial charge on any atom is -0.432 e. The summed E-state index contributed by atoms with van der Waals surface area (Å²) in [5.41, 5.74) is 0. The van der Waals surface area contributed by atoms with Crippen LogP contribution >= 0.6 is 0 Å². The van der Waals surface area contributed by atoms with Crippen molar-refractivity contribution in [2.75, 3.05) is 26.4 Å². The van der Waals surface area contributed by atoms with Gasteiger partial charge in [0.1, 0.15) is 13.2 Å². The molecule has 2 unspecified atom stereocenters. The zero-order chi connectivity index (χ0) is 16.6. The van der Waals surface area contributed by atoms with Crippen molar-refractivity contribution in [2.45, 2.75) is 63.6 Å². The van der Waals surface area contributed by atoms with Crippen LogP contribution in [0.2, 0.25) is 0 Å². The molecule has 2 atom stereocenters. The second-order valence-corrected chi connectivity index (χ2v) is 5.33. The molecule has 0 heterocycles. The van der Waals surface area contributed by atoms with Gasteiger partial charge in [-0.1, -0.05) is 25.7 Å². The fourth-order valence-corrected chi connectivity index (χ4v) is 1.87. The number of unbranched alkanes of at least 4 members (excludes halogenated alkanes) is 4. The average molecular weight is 322 g/mol. The summed E-state index contributed by atoms with van der Waals surface area (Å²) < 4.78 is 9.50. The Balaban J connectivity index is 3.51. The van der Waals surface area contributed by atoms with Gasteiger partial charge in [0.25, 0.3) is 0 Å². The third-order valence-electron chi connectivity index (χ3n) is 3.18. The number of aliphatic hydroxyl groups excluding tert-OH is 4. The highest BCUT2D eigenvalue weighted by atomic mass is 16.7. The van der Waals surface area contributed by atoms with Crippen LogP contribution in [0.1, 0.15) is 51.4 Å². The minimum absolute atomic E-state index is 0.134. The first-order valence-electron chi connectivity index (χ1n) is 7.97. The fourth-order valence-electron chi connectivity index (χ4n) is 1.87. The Kier molecular flexibility index (Phi) is 14.4.